The van der Waals surface area contributed by atoms with Gasteiger partial charge in [-0.3, -0.25) is 28.8 Å². The fourth-order valence-electron chi connectivity index (χ4n) is 19.7. The Labute approximate surface area is 814 Å². The van der Waals surface area contributed by atoms with Crippen molar-refractivity contribution in [2.75, 3.05) is 145 Å². The molecule has 1 atom stereocenters. The summed E-state index contributed by atoms with van der Waals surface area (Å²) in [6.45, 7) is 6.30. The molecule has 39 heteroatoms. The van der Waals surface area contributed by atoms with Crippen molar-refractivity contribution < 1.29 is 82.4 Å². The van der Waals surface area contributed by atoms with Crippen molar-refractivity contribution in [1.82, 2.24) is 73.8 Å². The topological polar surface area (TPSA) is 425 Å². The molecule has 3 aromatic carbocycles. The highest BCUT2D eigenvalue weighted by Crippen LogP contribution is 2.40. The highest BCUT2D eigenvalue weighted by atomic mass is 32.2. The zero-order chi connectivity index (χ0) is 97.8. The highest BCUT2D eigenvalue weighted by Gasteiger charge is 2.51. The number of nitrogens with zero attached hydrogens (tertiary/aromatic N) is 13. The molecule has 4 aliphatic carbocycles. The van der Waals surface area contributed by atoms with Crippen molar-refractivity contribution in [3.63, 3.8) is 0 Å². The second-order valence-electron chi connectivity index (χ2n) is 38.7. The molecule has 4 saturated carbocycles. The standard InChI is InChI=1S/C34H46N6O6S.C33H44N6O6S.C33H46N6O6S/c1-47(43,44)23-5-22-45-30-8-4-7-29-27(30)16-21-40(29)31-13-18-36-34(38-31)37-25-11-9-24(10-12-25)32(41)39-19-14-26(15-20-39)46-33(42)28-6-2-3-17-35-28;1-34-33(15-16-33)31(41)45-25-12-18-38(19-13-25)30(40)23-7-9-24(10-8-23)36-32-35-17-11-29(37-32)39-20-14-26-27(39)5-3-6-28(26)44-21-4-22-46(2,42)43;1-37(2)18-16-31(40)45-26-13-19-38(20-14-26)32(41)24-8-10-25(11-9-24)35-33-34-17-12-30(36-33)39-21-15-27-28(39)6-4-7-29(27)44-22-5-23-46(3,42)43/h4,7-8,13,16,18,21,24-26,28,35H,2-3,5-6,9-12,14-15,17,19-20,22-23H2,1H3,(H,36,37,38);3,5-6,11,14,17,20,23-25,34H,4,7-10,12-13,15-16,18-19,21-22H2,1-2H3,(H,35,36,37);4,6-7,12,15,17,21,24-26H,5,8-11,13-14,16,18-20,22-23H2,1-3H3,(H,34,35,36)/t24?,25?,28-;;/m0../s1. The van der Waals surface area contributed by atoms with E-state index >= 15 is 0 Å². The van der Waals surface area contributed by atoms with Crippen molar-refractivity contribution in [3.8, 4) is 34.7 Å². The maximum Gasteiger partial charge on any atom is 0.326 e. The van der Waals surface area contributed by atoms with E-state index in [1.54, 1.807) is 25.6 Å². The van der Waals surface area contributed by atoms with Crippen molar-refractivity contribution in [2.45, 2.75) is 221 Å². The van der Waals surface area contributed by atoms with Crippen LogP contribution in [0, 0.1) is 17.8 Å². The summed E-state index contributed by atoms with van der Waals surface area (Å²) in [6.07, 6.45) is 34.9. The Morgan fingerprint density at radius 2 is 0.777 bits per heavy atom. The Kier molecular flexibility index (Phi) is 34.9. The number of fused-ring (bicyclic) bond motifs is 3. The first-order valence-electron chi connectivity index (χ1n) is 49.5. The van der Waals surface area contributed by atoms with E-state index in [9.17, 15) is 54.0 Å². The van der Waals surface area contributed by atoms with E-state index in [1.165, 1.54) is 18.8 Å². The largest absolute Gasteiger partial charge is 0.493 e. The summed E-state index contributed by atoms with van der Waals surface area (Å²) in [5.74, 6) is 6.42. The van der Waals surface area contributed by atoms with Gasteiger partial charge in [0.15, 0.2) is 0 Å². The molecule has 36 nitrogen and oxygen atoms in total. The van der Waals surface area contributed by atoms with Crippen LogP contribution in [0.15, 0.2) is 128 Å². The zero-order valence-electron chi connectivity index (χ0n) is 80.8. The second-order valence-corrected chi connectivity index (χ2v) is 45.5. The summed E-state index contributed by atoms with van der Waals surface area (Å²) in [7, 11) is -3.40. The quantitative estimate of drug-likeness (QED) is 0.0138. The fraction of sp³-hybridized carbons (Fsp3) is 0.580. The van der Waals surface area contributed by atoms with Crippen LogP contribution in [0.2, 0.25) is 0 Å². The molecule has 9 aromatic rings. The van der Waals surface area contributed by atoms with Gasteiger partial charge in [-0.15, -0.1) is 0 Å². The number of benzene rings is 3. The van der Waals surface area contributed by atoms with Crippen LogP contribution in [0.25, 0.3) is 50.2 Å². The molecule has 0 unspecified atom stereocenters. The Hall–Kier alpha value is -11.1. The summed E-state index contributed by atoms with van der Waals surface area (Å²) < 4.78 is 109. The van der Waals surface area contributed by atoms with Crippen LogP contribution >= 0.6 is 0 Å². The van der Waals surface area contributed by atoms with Crippen molar-refractivity contribution in [2.24, 2.45) is 17.8 Å². The lowest BCUT2D eigenvalue weighted by Gasteiger charge is -2.36. The maximum atomic E-state index is 13.3. The Balaban J connectivity index is 0.000000158. The molecule has 3 amide bonds. The Morgan fingerprint density at radius 3 is 1.09 bits per heavy atom. The molecule has 0 spiro atoms. The molecule has 6 aromatic heterocycles. The Morgan fingerprint density at radius 1 is 0.432 bits per heavy atom. The van der Waals surface area contributed by atoms with E-state index in [0.29, 0.717) is 165 Å². The maximum absolute atomic E-state index is 13.3. The van der Waals surface area contributed by atoms with Crippen molar-refractivity contribution >= 4 is 116 Å². The number of carbonyl (C=O) groups excluding carboxylic acids is 6. The number of sulfone groups is 3. The molecule has 0 bridgehead atoms. The lowest BCUT2D eigenvalue weighted by Crippen LogP contribution is -2.47. The molecule has 17 rings (SSSR count). The van der Waals surface area contributed by atoms with E-state index in [2.05, 4.69) is 41.5 Å². The number of piperidine rings is 4. The average Bonchev–Trinajstić information content (AvgIpc) is 1.67. The van der Waals surface area contributed by atoms with E-state index in [4.69, 9.17) is 43.4 Å². The van der Waals surface area contributed by atoms with Gasteiger partial charge < -0.3 is 88.3 Å². The van der Waals surface area contributed by atoms with Gasteiger partial charge in [0.1, 0.15) is 94.1 Å². The molecule has 4 aliphatic heterocycles. The number of hydrogen-bond donors (Lipinski definition) is 5. The lowest BCUT2D eigenvalue weighted by atomic mass is 9.85. The van der Waals surface area contributed by atoms with Gasteiger partial charge in [0.25, 0.3) is 0 Å². The zero-order valence-corrected chi connectivity index (χ0v) is 83.2. The van der Waals surface area contributed by atoms with Crippen LogP contribution in [0.5, 0.6) is 17.2 Å². The van der Waals surface area contributed by atoms with Crippen LogP contribution in [0.3, 0.4) is 0 Å². The van der Waals surface area contributed by atoms with Crippen LogP contribution < -0.4 is 40.8 Å². The first kappa shape index (κ1) is 102. The summed E-state index contributed by atoms with van der Waals surface area (Å²) in [4.78, 5) is 113. The van der Waals surface area contributed by atoms with Crippen molar-refractivity contribution in [3.05, 3.63) is 128 Å². The van der Waals surface area contributed by atoms with E-state index < -0.39 is 35.1 Å². The summed E-state index contributed by atoms with van der Waals surface area (Å²) >= 11 is 0. The van der Waals surface area contributed by atoms with E-state index in [1.807, 2.05) is 157 Å². The lowest BCUT2D eigenvalue weighted by molar-refractivity contribution is -0.157. The highest BCUT2D eigenvalue weighted by molar-refractivity contribution is 7.91. The summed E-state index contributed by atoms with van der Waals surface area (Å²) in [6, 6.07) is 29.2. The number of esters is 3. The number of anilines is 3. The molecular weight excluding hydrogens is 1840 g/mol. The number of amides is 3. The van der Waals surface area contributed by atoms with Gasteiger partial charge in [-0.1, -0.05) is 24.6 Å². The minimum absolute atomic E-state index is 0.0115. The Bertz CT molecular complexity index is 6040. The van der Waals surface area contributed by atoms with Gasteiger partial charge in [-0.2, -0.15) is 15.0 Å². The molecule has 10 heterocycles. The third-order valence-electron chi connectivity index (χ3n) is 27.8. The van der Waals surface area contributed by atoms with Gasteiger partial charge >= 0.3 is 17.9 Å². The number of nitrogens with one attached hydrogen (secondary N) is 5. The van der Waals surface area contributed by atoms with E-state index in [-0.39, 0.29) is 113 Å². The molecule has 0 radical (unpaired) electrons. The molecule has 8 fully saturated rings. The van der Waals surface area contributed by atoms with Crippen LogP contribution in [0.4, 0.5) is 17.8 Å². The minimum atomic E-state index is -3.02. The SMILES string of the molecule is CN(C)CCC(=O)OC1CCN(C(=O)C2CCC(Nc3nccc(-n4ccc5c(OCCCS(C)(=O)=O)cccc54)n3)CC2)CC1.CNC1(C(=O)OC2CCN(C(=O)C3CCC(Nc4nccc(-n5ccc6c(OCCCS(C)(=O)=O)cccc65)n4)CC3)CC2)CC1.CS(=O)(=O)CCCOc1cccc2c1ccn2-c1ccnc(NC2CCC(C(=O)N3CCC(OC(=O)[C@@H]4CCCCN4)CC3)CC2)n1. The van der Waals surface area contributed by atoms with Gasteiger partial charge in [-0.25, -0.2) is 40.2 Å². The molecule has 139 heavy (non-hydrogen) atoms. The molecule has 8 aliphatic rings. The number of aromatic nitrogens is 9. The monoisotopic (exact) mass is 1970 g/mol. The van der Waals surface area contributed by atoms with Gasteiger partial charge in [0.2, 0.25) is 35.6 Å². The van der Waals surface area contributed by atoms with Gasteiger partial charge in [0.05, 0.1) is 60.1 Å². The third-order valence-corrected chi connectivity index (χ3v) is 30.9. The predicted octanol–water partition coefficient (Wildman–Crippen LogP) is 11.1. The fourth-order valence-corrected chi connectivity index (χ4v) is 21.7. The van der Waals surface area contributed by atoms with E-state index in [0.717, 1.165) is 166 Å². The third kappa shape index (κ3) is 28.6. The second kappa shape index (κ2) is 47.4. The van der Waals surface area contributed by atoms with Crippen molar-refractivity contribution in [1.29, 1.82) is 0 Å². The molecule has 5 N–H and O–H groups in total. The molecule has 4 saturated heterocycles. The van der Waals surface area contributed by atoms with Gasteiger partial charge in [-0.05, 0) is 222 Å². The van der Waals surface area contributed by atoms with Crippen LogP contribution in [0.1, 0.15) is 173 Å². The first-order chi connectivity index (χ1) is 66.9. The van der Waals surface area contributed by atoms with Gasteiger partial charge in [0, 0.05) is 192 Å². The summed E-state index contributed by atoms with van der Waals surface area (Å²) in [5, 5.41) is 19.6. The van der Waals surface area contributed by atoms with Crippen LogP contribution in [-0.4, -0.2) is 301 Å². The average molecular weight is 1970 g/mol. The minimum Gasteiger partial charge on any atom is -0.493 e. The number of likely N-dealkylation sites (N-methyl/N-ethyl adjacent to an activating group) is 1. The number of hydrogen-bond acceptors (Lipinski definition) is 30. The smallest absolute Gasteiger partial charge is 0.326 e. The predicted molar refractivity (Wildman–Crippen MR) is 531 cm³/mol. The summed E-state index contributed by atoms with van der Waals surface area (Å²) in [5.41, 5.74) is 2.30. The molecule has 752 valence electrons. The number of carbonyl (C=O) groups is 6. The number of ether oxygens (including phenoxy) is 6. The first-order valence-corrected chi connectivity index (χ1v) is 55.7. The van der Waals surface area contributed by atoms with Crippen LogP contribution in [-0.2, 0) is 72.5 Å². The normalized spacial score (nSPS) is 21.2. The molecular formula is C100H136N18O18S3. The number of rotatable bonds is 36. The number of likely N-dealkylation sites (tertiary alicyclic amines) is 3.